The van der Waals surface area contributed by atoms with Gasteiger partial charge in [-0.25, -0.2) is 0 Å². The van der Waals surface area contributed by atoms with Crippen LogP contribution in [0.5, 0.6) is 0 Å². The first-order valence-corrected chi connectivity index (χ1v) is 4.19. The lowest BCUT2D eigenvalue weighted by Crippen LogP contribution is -2.57. The number of methoxy groups -OCH3 is 2. The van der Waals surface area contributed by atoms with Gasteiger partial charge in [0.1, 0.15) is 18.3 Å². The Hall–Kier alpha value is -0.200. The number of rotatable bonds is 2. The molecule has 1 saturated heterocycles. The number of hydrogen-bond acceptors (Lipinski definition) is 5. The summed E-state index contributed by atoms with van der Waals surface area (Å²) in [6.07, 6.45) is -3.63. The highest BCUT2D eigenvalue weighted by molar-refractivity contribution is 4.87. The smallest absolute Gasteiger partial charge is 0.186 e. The van der Waals surface area contributed by atoms with Crippen molar-refractivity contribution in [2.24, 2.45) is 0 Å². The van der Waals surface area contributed by atoms with Crippen LogP contribution in [0.2, 0.25) is 0 Å². The summed E-state index contributed by atoms with van der Waals surface area (Å²) in [5.74, 6) is 0. The van der Waals surface area contributed by atoms with Gasteiger partial charge in [-0.3, -0.25) is 0 Å². The summed E-state index contributed by atoms with van der Waals surface area (Å²) in [5.41, 5.74) is 0. The van der Waals surface area contributed by atoms with Gasteiger partial charge in [-0.05, 0) is 6.92 Å². The summed E-state index contributed by atoms with van der Waals surface area (Å²) >= 11 is 0. The van der Waals surface area contributed by atoms with Crippen molar-refractivity contribution in [3.8, 4) is 0 Å². The van der Waals surface area contributed by atoms with Crippen LogP contribution in [-0.2, 0) is 14.2 Å². The van der Waals surface area contributed by atoms with Crippen molar-refractivity contribution >= 4 is 0 Å². The minimum Gasteiger partial charge on any atom is -0.387 e. The van der Waals surface area contributed by atoms with Gasteiger partial charge < -0.3 is 24.4 Å². The normalized spacial score (nSPS) is 46.4. The van der Waals surface area contributed by atoms with Crippen LogP contribution in [0.1, 0.15) is 6.92 Å². The minimum absolute atomic E-state index is 0.298. The topological polar surface area (TPSA) is 68.2 Å². The van der Waals surface area contributed by atoms with Gasteiger partial charge in [0.25, 0.3) is 0 Å². The van der Waals surface area contributed by atoms with Crippen LogP contribution in [0, 0.1) is 0 Å². The number of hydrogen-bond donors (Lipinski definition) is 2. The molecule has 0 saturated carbocycles. The van der Waals surface area contributed by atoms with Crippen LogP contribution >= 0.6 is 0 Å². The van der Waals surface area contributed by atoms with Gasteiger partial charge in [0.15, 0.2) is 6.29 Å². The van der Waals surface area contributed by atoms with Crippen LogP contribution < -0.4 is 0 Å². The molecular formula is C8H16O5. The predicted molar refractivity (Wildman–Crippen MR) is 44.2 cm³/mol. The number of aliphatic hydroxyl groups excluding tert-OH is 2. The van der Waals surface area contributed by atoms with Crippen LogP contribution in [0.25, 0.3) is 0 Å². The van der Waals surface area contributed by atoms with Crippen LogP contribution in [0.4, 0.5) is 0 Å². The fourth-order valence-electron chi connectivity index (χ4n) is 1.53. The molecule has 5 heteroatoms. The quantitative estimate of drug-likeness (QED) is 0.594. The van der Waals surface area contributed by atoms with E-state index in [1.54, 1.807) is 6.92 Å². The van der Waals surface area contributed by atoms with E-state index in [1.165, 1.54) is 14.2 Å². The van der Waals surface area contributed by atoms with Crippen molar-refractivity contribution in [3.63, 3.8) is 0 Å². The Balaban J connectivity index is 2.66. The summed E-state index contributed by atoms with van der Waals surface area (Å²) in [7, 11) is 2.88. The Labute approximate surface area is 77.2 Å². The molecule has 0 radical (unpaired) electrons. The Morgan fingerprint density at radius 3 is 2.15 bits per heavy atom. The lowest BCUT2D eigenvalue weighted by atomic mass is 10.00. The van der Waals surface area contributed by atoms with Gasteiger partial charge in [-0.15, -0.1) is 0 Å². The Bertz CT molecular complexity index is 163. The molecule has 1 aliphatic heterocycles. The van der Waals surface area contributed by atoms with Crippen molar-refractivity contribution in [2.75, 3.05) is 14.2 Å². The molecule has 5 nitrogen and oxygen atoms in total. The molecule has 0 unspecified atom stereocenters. The first-order valence-electron chi connectivity index (χ1n) is 4.19. The summed E-state index contributed by atoms with van der Waals surface area (Å²) in [5, 5.41) is 19.1. The maximum Gasteiger partial charge on any atom is 0.186 e. The van der Waals surface area contributed by atoms with E-state index >= 15 is 0 Å². The van der Waals surface area contributed by atoms with E-state index in [1.807, 2.05) is 0 Å². The highest BCUT2D eigenvalue weighted by atomic mass is 16.7. The molecule has 0 aromatic carbocycles. The Morgan fingerprint density at radius 2 is 1.69 bits per heavy atom. The van der Waals surface area contributed by atoms with E-state index in [0.29, 0.717) is 0 Å². The second-order valence-electron chi connectivity index (χ2n) is 3.13. The van der Waals surface area contributed by atoms with E-state index in [4.69, 9.17) is 14.2 Å². The molecule has 1 fully saturated rings. The number of aliphatic hydroxyl groups is 2. The van der Waals surface area contributed by atoms with Crippen molar-refractivity contribution in [1.82, 2.24) is 0 Å². The predicted octanol–water partition coefficient (Wildman–Crippen LogP) is -0.886. The monoisotopic (exact) mass is 192 g/mol. The third kappa shape index (κ3) is 2.00. The fourth-order valence-corrected chi connectivity index (χ4v) is 1.53. The zero-order valence-corrected chi connectivity index (χ0v) is 8.01. The van der Waals surface area contributed by atoms with Crippen molar-refractivity contribution < 1.29 is 24.4 Å². The van der Waals surface area contributed by atoms with Crippen LogP contribution in [0.3, 0.4) is 0 Å². The lowest BCUT2D eigenvalue weighted by molar-refractivity contribution is -0.289. The van der Waals surface area contributed by atoms with E-state index in [2.05, 4.69) is 0 Å². The standard InChI is InChI=1S/C8H16O5/c1-4-7(11-2)5(9)6(10)8(12-3)13-4/h4-10H,1-3H3/t4-,5-,6+,7-,8+/m1/s1. The molecule has 78 valence electrons. The average Bonchev–Trinajstić information content (AvgIpc) is 2.12. The molecule has 0 aromatic heterocycles. The zero-order chi connectivity index (χ0) is 10.0. The summed E-state index contributed by atoms with van der Waals surface area (Å²) < 4.78 is 15.1. The molecule has 13 heavy (non-hydrogen) atoms. The summed E-state index contributed by atoms with van der Waals surface area (Å²) in [4.78, 5) is 0. The van der Waals surface area contributed by atoms with E-state index in [-0.39, 0.29) is 6.10 Å². The largest absolute Gasteiger partial charge is 0.387 e. The van der Waals surface area contributed by atoms with Crippen molar-refractivity contribution in [3.05, 3.63) is 0 Å². The van der Waals surface area contributed by atoms with Crippen molar-refractivity contribution in [2.45, 2.75) is 37.6 Å². The van der Waals surface area contributed by atoms with Gasteiger partial charge in [0, 0.05) is 14.2 Å². The van der Waals surface area contributed by atoms with Crippen LogP contribution in [-0.4, -0.2) is 55.1 Å². The molecule has 0 spiro atoms. The average molecular weight is 192 g/mol. The SMILES string of the molecule is CO[C@H]1O[C@H](C)[C@@H](OC)[C@H](O)[C@@H]1O. The van der Waals surface area contributed by atoms with Crippen molar-refractivity contribution in [1.29, 1.82) is 0 Å². The molecule has 0 bridgehead atoms. The number of ether oxygens (including phenoxy) is 3. The molecule has 1 rings (SSSR count). The third-order valence-electron chi connectivity index (χ3n) is 2.28. The van der Waals surface area contributed by atoms with Gasteiger partial charge >= 0.3 is 0 Å². The molecule has 1 heterocycles. The first-order chi connectivity index (χ1) is 6.11. The third-order valence-corrected chi connectivity index (χ3v) is 2.28. The van der Waals surface area contributed by atoms with Gasteiger partial charge in [-0.1, -0.05) is 0 Å². The maximum atomic E-state index is 9.57. The molecule has 5 atom stereocenters. The minimum atomic E-state index is -1.06. The highest BCUT2D eigenvalue weighted by Gasteiger charge is 2.42. The van der Waals surface area contributed by atoms with Gasteiger partial charge in [-0.2, -0.15) is 0 Å². The van der Waals surface area contributed by atoms with Crippen LogP contribution in [0.15, 0.2) is 0 Å². The summed E-state index contributed by atoms with van der Waals surface area (Å²) in [6, 6.07) is 0. The molecule has 1 aliphatic rings. The molecule has 0 aliphatic carbocycles. The zero-order valence-electron chi connectivity index (χ0n) is 8.01. The molecule has 0 aromatic rings. The first kappa shape index (κ1) is 10.9. The van der Waals surface area contributed by atoms with E-state index < -0.39 is 24.6 Å². The second-order valence-corrected chi connectivity index (χ2v) is 3.13. The van der Waals surface area contributed by atoms with Gasteiger partial charge in [0.2, 0.25) is 0 Å². The summed E-state index contributed by atoms with van der Waals surface area (Å²) in [6.45, 7) is 1.76. The molecule has 2 N–H and O–H groups in total. The maximum absolute atomic E-state index is 9.57. The van der Waals surface area contributed by atoms with E-state index in [9.17, 15) is 10.2 Å². The van der Waals surface area contributed by atoms with Gasteiger partial charge in [0.05, 0.1) is 6.10 Å². The second kappa shape index (κ2) is 4.34. The lowest BCUT2D eigenvalue weighted by Gasteiger charge is -2.39. The Morgan fingerprint density at radius 1 is 1.08 bits per heavy atom. The van der Waals surface area contributed by atoms with E-state index in [0.717, 1.165) is 0 Å². The Kier molecular flexibility index (Phi) is 3.63. The fraction of sp³-hybridized carbons (Fsp3) is 1.00. The molecular weight excluding hydrogens is 176 g/mol. The highest BCUT2D eigenvalue weighted by Crippen LogP contribution is 2.22. The molecule has 0 amide bonds.